The van der Waals surface area contributed by atoms with Gasteiger partial charge in [-0.1, -0.05) is 15.9 Å². The van der Waals surface area contributed by atoms with Crippen LogP contribution in [0.5, 0.6) is 0 Å². The molecule has 0 spiro atoms. The molecule has 1 saturated heterocycles. The van der Waals surface area contributed by atoms with Gasteiger partial charge in [0.2, 0.25) is 12.3 Å². The molecule has 0 bridgehead atoms. The molecule has 0 aromatic carbocycles. The van der Waals surface area contributed by atoms with E-state index in [1.54, 1.807) is 0 Å². The summed E-state index contributed by atoms with van der Waals surface area (Å²) in [5.74, 6) is -0.587. The van der Waals surface area contributed by atoms with Gasteiger partial charge in [-0.3, -0.25) is 14.5 Å². The molecule has 1 heterocycles. The first-order valence-electron chi connectivity index (χ1n) is 5.78. The quantitative estimate of drug-likeness (QED) is 0.191. The lowest BCUT2D eigenvalue weighted by Gasteiger charge is -2.32. The Bertz CT molecular complexity index is 358. The lowest BCUT2D eigenvalue weighted by atomic mass is 10.1. The van der Waals surface area contributed by atoms with Gasteiger partial charge in [-0.25, -0.2) is 0 Å². The summed E-state index contributed by atoms with van der Waals surface area (Å²) in [6.45, 7) is -0.565. The SMILES string of the molecule is CNC(=O)C(Br)C(O)N(C=O)C1OC(CO)C(O)C1O. The van der Waals surface area contributed by atoms with Crippen LogP contribution in [0.2, 0.25) is 0 Å². The van der Waals surface area contributed by atoms with E-state index >= 15 is 0 Å². The number of nitrogens with one attached hydrogen (secondary N) is 1. The second-order valence-electron chi connectivity index (χ2n) is 4.21. The second-order valence-corrected chi connectivity index (χ2v) is 5.20. The summed E-state index contributed by atoms with van der Waals surface area (Å²) in [4.78, 5) is 22.0. The smallest absolute Gasteiger partial charge is 0.238 e. The van der Waals surface area contributed by atoms with Crippen molar-refractivity contribution in [2.45, 2.75) is 35.6 Å². The first kappa shape index (κ1) is 17.3. The maximum Gasteiger partial charge on any atom is 0.238 e. The number of hydrogen-bond acceptors (Lipinski definition) is 7. The lowest BCUT2D eigenvalue weighted by Crippen LogP contribution is -2.54. The summed E-state index contributed by atoms with van der Waals surface area (Å²) >= 11 is 2.91. The van der Waals surface area contributed by atoms with Gasteiger partial charge in [-0.05, 0) is 0 Å². The van der Waals surface area contributed by atoms with Crippen LogP contribution < -0.4 is 5.32 Å². The normalized spacial score (nSPS) is 32.5. The molecule has 116 valence electrons. The number of aliphatic hydroxyl groups is 4. The van der Waals surface area contributed by atoms with Crippen molar-refractivity contribution in [3.05, 3.63) is 0 Å². The van der Waals surface area contributed by atoms with Crippen LogP contribution >= 0.6 is 15.9 Å². The summed E-state index contributed by atoms with van der Waals surface area (Å²) in [7, 11) is 1.35. The predicted molar refractivity (Wildman–Crippen MR) is 68.5 cm³/mol. The van der Waals surface area contributed by atoms with E-state index < -0.39 is 48.1 Å². The lowest BCUT2D eigenvalue weighted by molar-refractivity contribution is -0.167. The van der Waals surface area contributed by atoms with Gasteiger partial charge in [0.1, 0.15) is 23.1 Å². The van der Waals surface area contributed by atoms with E-state index in [-0.39, 0.29) is 6.41 Å². The van der Waals surface area contributed by atoms with Gasteiger partial charge in [0.15, 0.2) is 12.5 Å². The highest BCUT2D eigenvalue weighted by atomic mass is 79.9. The Morgan fingerprint density at radius 3 is 2.50 bits per heavy atom. The first-order valence-corrected chi connectivity index (χ1v) is 6.69. The van der Waals surface area contributed by atoms with Crippen molar-refractivity contribution in [3.8, 4) is 0 Å². The van der Waals surface area contributed by atoms with Crippen molar-refractivity contribution in [1.82, 2.24) is 10.2 Å². The fourth-order valence-electron chi connectivity index (χ4n) is 1.82. The number of carbonyl (C=O) groups excluding carboxylic acids is 2. The largest absolute Gasteiger partial charge is 0.394 e. The van der Waals surface area contributed by atoms with Gasteiger partial charge in [0.05, 0.1) is 6.61 Å². The number of rotatable bonds is 6. The van der Waals surface area contributed by atoms with E-state index in [2.05, 4.69) is 21.2 Å². The Balaban J connectivity index is 2.85. The Morgan fingerprint density at radius 1 is 1.50 bits per heavy atom. The maximum absolute atomic E-state index is 11.4. The molecule has 5 N–H and O–H groups in total. The Labute approximate surface area is 123 Å². The average molecular weight is 357 g/mol. The molecule has 0 aliphatic carbocycles. The van der Waals surface area contributed by atoms with E-state index in [0.717, 1.165) is 0 Å². The van der Waals surface area contributed by atoms with Crippen LogP contribution in [0.25, 0.3) is 0 Å². The van der Waals surface area contributed by atoms with Crippen molar-refractivity contribution in [2.24, 2.45) is 0 Å². The van der Waals surface area contributed by atoms with Crippen LogP contribution in [0.4, 0.5) is 0 Å². The van der Waals surface area contributed by atoms with Crippen molar-refractivity contribution >= 4 is 28.2 Å². The monoisotopic (exact) mass is 356 g/mol. The molecule has 0 aromatic rings. The number of amides is 2. The third kappa shape index (κ3) is 3.27. The molecule has 6 unspecified atom stereocenters. The number of hydrogen-bond donors (Lipinski definition) is 5. The third-order valence-corrected chi connectivity index (χ3v) is 3.89. The minimum Gasteiger partial charge on any atom is -0.394 e. The van der Waals surface area contributed by atoms with Gasteiger partial charge < -0.3 is 30.5 Å². The molecular formula is C10H17BrN2O7. The molecule has 0 radical (unpaired) electrons. The van der Waals surface area contributed by atoms with E-state index in [1.807, 2.05) is 0 Å². The molecule has 10 heteroatoms. The standard InChI is InChI=1S/C10H17BrN2O7/c1-12-8(18)5(11)9(19)13(3-15)10-7(17)6(16)4(2-14)20-10/h3-7,9-10,14,16-17,19H,2H2,1H3,(H,12,18). The fraction of sp³-hybridized carbons (Fsp3) is 0.800. The molecule has 1 rings (SSSR count). The number of halogens is 1. The highest BCUT2D eigenvalue weighted by molar-refractivity contribution is 9.10. The number of carbonyl (C=O) groups is 2. The Morgan fingerprint density at radius 2 is 2.10 bits per heavy atom. The van der Waals surface area contributed by atoms with Gasteiger partial charge in [0, 0.05) is 7.05 Å². The first-order chi connectivity index (χ1) is 9.38. The van der Waals surface area contributed by atoms with Gasteiger partial charge in [0.25, 0.3) is 0 Å². The molecule has 20 heavy (non-hydrogen) atoms. The maximum atomic E-state index is 11.4. The number of aliphatic hydroxyl groups excluding tert-OH is 4. The molecule has 9 nitrogen and oxygen atoms in total. The van der Waals surface area contributed by atoms with Crippen LogP contribution in [0.15, 0.2) is 0 Å². The summed E-state index contributed by atoms with van der Waals surface area (Å²) < 4.78 is 5.10. The highest BCUT2D eigenvalue weighted by Gasteiger charge is 2.47. The predicted octanol–water partition coefficient (Wildman–Crippen LogP) is -3.29. The summed E-state index contributed by atoms with van der Waals surface area (Å²) in [6, 6.07) is 0. The molecular weight excluding hydrogens is 340 g/mol. The number of nitrogens with zero attached hydrogens (tertiary/aromatic N) is 1. The molecule has 1 aliphatic rings. The zero-order valence-corrected chi connectivity index (χ0v) is 12.2. The summed E-state index contributed by atoms with van der Waals surface area (Å²) in [6.07, 6.45) is -6.83. The highest BCUT2D eigenvalue weighted by Crippen LogP contribution is 2.25. The van der Waals surface area contributed by atoms with Crippen molar-refractivity contribution in [3.63, 3.8) is 0 Å². The van der Waals surface area contributed by atoms with Crippen molar-refractivity contribution < 1.29 is 34.8 Å². The topological polar surface area (TPSA) is 140 Å². The van der Waals surface area contributed by atoms with E-state index in [9.17, 15) is 24.9 Å². The minimum atomic E-state index is -1.63. The van der Waals surface area contributed by atoms with Gasteiger partial charge in [-0.2, -0.15) is 0 Å². The average Bonchev–Trinajstić information content (AvgIpc) is 2.74. The van der Waals surface area contributed by atoms with Gasteiger partial charge in [-0.15, -0.1) is 0 Å². The van der Waals surface area contributed by atoms with Crippen LogP contribution in [0, 0.1) is 0 Å². The molecule has 0 saturated carbocycles. The molecule has 1 aliphatic heterocycles. The minimum absolute atomic E-state index is 0.183. The van der Waals surface area contributed by atoms with E-state index in [4.69, 9.17) is 9.84 Å². The third-order valence-electron chi connectivity index (χ3n) is 3.00. The summed E-state index contributed by atoms with van der Waals surface area (Å²) in [5.41, 5.74) is 0. The second kappa shape index (κ2) is 7.29. The molecule has 1 fully saturated rings. The number of ether oxygens (including phenoxy) is 1. The molecule has 0 aromatic heterocycles. The van der Waals surface area contributed by atoms with Crippen molar-refractivity contribution in [2.75, 3.05) is 13.7 Å². The Kier molecular flexibility index (Phi) is 6.30. The molecule has 2 amide bonds. The zero-order valence-electron chi connectivity index (χ0n) is 10.6. The van der Waals surface area contributed by atoms with Gasteiger partial charge >= 0.3 is 0 Å². The van der Waals surface area contributed by atoms with Crippen LogP contribution in [-0.4, -0.2) is 86.9 Å². The number of alkyl halides is 1. The van der Waals surface area contributed by atoms with Crippen LogP contribution in [0.3, 0.4) is 0 Å². The summed E-state index contributed by atoms with van der Waals surface area (Å²) in [5, 5.41) is 40.6. The zero-order chi connectivity index (χ0) is 15.4. The fourth-order valence-corrected chi connectivity index (χ4v) is 2.33. The molecule has 6 atom stereocenters. The van der Waals surface area contributed by atoms with E-state index in [0.29, 0.717) is 4.90 Å². The van der Waals surface area contributed by atoms with Crippen LogP contribution in [-0.2, 0) is 14.3 Å². The van der Waals surface area contributed by atoms with Crippen molar-refractivity contribution in [1.29, 1.82) is 0 Å². The van der Waals surface area contributed by atoms with E-state index in [1.165, 1.54) is 7.05 Å². The Hall–Kier alpha value is -0.780. The van der Waals surface area contributed by atoms with Crippen LogP contribution in [0.1, 0.15) is 0 Å².